The van der Waals surface area contributed by atoms with Crippen LogP contribution in [0.5, 0.6) is 5.75 Å². The Bertz CT molecular complexity index is 532. The lowest BCUT2D eigenvalue weighted by atomic mass is 10.2. The fraction of sp³-hybridized carbons (Fsp3) is 0.385. The van der Waals surface area contributed by atoms with E-state index in [1.165, 1.54) is 0 Å². The van der Waals surface area contributed by atoms with E-state index in [0.29, 0.717) is 25.1 Å². The van der Waals surface area contributed by atoms with Crippen LogP contribution >= 0.6 is 0 Å². The van der Waals surface area contributed by atoms with Crippen LogP contribution in [0.3, 0.4) is 0 Å². The molecule has 3 rings (SSSR count). The highest BCUT2D eigenvalue weighted by Gasteiger charge is 2.18. The summed E-state index contributed by atoms with van der Waals surface area (Å²) in [5, 5.41) is 4.01. The number of anilines is 1. The molecule has 1 aromatic heterocycles. The lowest BCUT2D eigenvalue weighted by molar-refractivity contribution is 0.119. The van der Waals surface area contributed by atoms with Gasteiger partial charge in [-0.25, -0.2) is 0 Å². The molecule has 1 aliphatic heterocycles. The predicted octanol–water partition coefficient (Wildman–Crippen LogP) is 1.58. The van der Waals surface area contributed by atoms with Crippen LogP contribution in [0.2, 0.25) is 0 Å². The van der Waals surface area contributed by atoms with Gasteiger partial charge in [-0.2, -0.15) is 4.98 Å². The van der Waals surface area contributed by atoms with Gasteiger partial charge in [-0.15, -0.1) is 0 Å². The van der Waals surface area contributed by atoms with Gasteiger partial charge < -0.3 is 18.9 Å². The molecule has 0 atom stereocenters. The smallest absolute Gasteiger partial charge is 0.324 e. The summed E-state index contributed by atoms with van der Waals surface area (Å²) in [4.78, 5) is 6.44. The van der Waals surface area contributed by atoms with E-state index in [1.807, 2.05) is 29.2 Å². The third-order valence-corrected chi connectivity index (χ3v) is 3.05. The van der Waals surface area contributed by atoms with Gasteiger partial charge in [0.1, 0.15) is 5.75 Å². The maximum Gasteiger partial charge on any atom is 0.324 e. The zero-order valence-electron chi connectivity index (χ0n) is 10.7. The summed E-state index contributed by atoms with van der Waals surface area (Å²) in [5.74, 6) is 1.39. The van der Waals surface area contributed by atoms with E-state index in [2.05, 4.69) is 10.1 Å². The number of morpholine rings is 1. The summed E-state index contributed by atoms with van der Waals surface area (Å²) in [6, 6.07) is 8.12. The van der Waals surface area contributed by atoms with E-state index in [1.54, 1.807) is 7.11 Å². The monoisotopic (exact) mass is 261 g/mol. The average molecular weight is 261 g/mol. The van der Waals surface area contributed by atoms with E-state index in [4.69, 9.17) is 14.0 Å². The van der Waals surface area contributed by atoms with Crippen molar-refractivity contribution in [3.05, 3.63) is 24.3 Å². The van der Waals surface area contributed by atoms with Gasteiger partial charge >= 0.3 is 6.01 Å². The first-order valence-corrected chi connectivity index (χ1v) is 6.17. The summed E-state index contributed by atoms with van der Waals surface area (Å²) >= 11 is 0. The third-order valence-electron chi connectivity index (χ3n) is 3.05. The minimum atomic E-state index is 0.550. The van der Waals surface area contributed by atoms with Crippen molar-refractivity contribution in [2.45, 2.75) is 0 Å². The van der Waals surface area contributed by atoms with Crippen molar-refractivity contribution in [2.24, 2.45) is 0 Å². The zero-order chi connectivity index (χ0) is 13.1. The van der Waals surface area contributed by atoms with Crippen molar-refractivity contribution >= 4 is 6.01 Å². The number of aromatic nitrogens is 2. The Balaban J connectivity index is 1.79. The molecule has 0 aliphatic carbocycles. The fourth-order valence-corrected chi connectivity index (χ4v) is 1.96. The molecular formula is C13H15N3O3. The van der Waals surface area contributed by atoms with Gasteiger partial charge in [-0.05, 0) is 24.3 Å². The van der Waals surface area contributed by atoms with Crippen molar-refractivity contribution in [1.82, 2.24) is 10.1 Å². The second kappa shape index (κ2) is 5.27. The molecule has 6 nitrogen and oxygen atoms in total. The van der Waals surface area contributed by atoms with Gasteiger partial charge in [0.25, 0.3) is 0 Å². The molecule has 1 aromatic carbocycles. The first kappa shape index (κ1) is 12.0. The van der Waals surface area contributed by atoms with E-state index in [9.17, 15) is 0 Å². The molecule has 0 bridgehead atoms. The Labute approximate surface area is 110 Å². The minimum absolute atomic E-state index is 0.550. The van der Waals surface area contributed by atoms with E-state index in [-0.39, 0.29) is 0 Å². The van der Waals surface area contributed by atoms with Crippen LogP contribution in [0.4, 0.5) is 6.01 Å². The number of benzene rings is 1. The average Bonchev–Trinajstić information content (AvgIpc) is 2.98. The lowest BCUT2D eigenvalue weighted by Gasteiger charge is -2.24. The molecule has 6 heteroatoms. The van der Waals surface area contributed by atoms with Gasteiger partial charge in [0.15, 0.2) is 0 Å². The summed E-state index contributed by atoms with van der Waals surface area (Å²) in [7, 11) is 1.64. The van der Waals surface area contributed by atoms with Crippen LogP contribution in [0.25, 0.3) is 11.4 Å². The summed E-state index contributed by atoms with van der Waals surface area (Å²) in [6.45, 7) is 2.95. The quantitative estimate of drug-likeness (QED) is 0.836. The molecule has 2 heterocycles. The van der Waals surface area contributed by atoms with Crippen molar-refractivity contribution in [3.8, 4) is 17.1 Å². The van der Waals surface area contributed by atoms with Gasteiger partial charge in [-0.3, -0.25) is 0 Å². The molecule has 0 saturated carbocycles. The molecule has 100 valence electrons. The highest BCUT2D eigenvalue weighted by molar-refractivity contribution is 5.56. The molecule has 0 radical (unpaired) electrons. The Morgan fingerprint density at radius 3 is 2.58 bits per heavy atom. The zero-order valence-corrected chi connectivity index (χ0v) is 10.7. The molecule has 19 heavy (non-hydrogen) atoms. The van der Waals surface area contributed by atoms with Crippen LogP contribution in [-0.2, 0) is 4.74 Å². The number of rotatable bonds is 3. The van der Waals surface area contributed by atoms with Crippen molar-refractivity contribution in [3.63, 3.8) is 0 Å². The van der Waals surface area contributed by atoms with Crippen molar-refractivity contribution in [2.75, 3.05) is 38.3 Å². The van der Waals surface area contributed by atoms with Crippen LogP contribution in [0, 0.1) is 0 Å². The topological polar surface area (TPSA) is 60.6 Å². The number of hydrogen-bond donors (Lipinski definition) is 0. The Hall–Kier alpha value is -2.08. The molecule has 1 fully saturated rings. The van der Waals surface area contributed by atoms with Crippen LogP contribution in [-0.4, -0.2) is 43.6 Å². The van der Waals surface area contributed by atoms with Crippen molar-refractivity contribution < 1.29 is 14.0 Å². The van der Waals surface area contributed by atoms with Gasteiger partial charge in [0.05, 0.1) is 20.3 Å². The van der Waals surface area contributed by atoms with E-state index < -0.39 is 0 Å². The summed E-state index contributed by atoms with van der Waals surface area (Å²) < 4.78 is 15.7. The molecule has 2 aromatic rings. The molecule has 0 unspecified atom stereocenters. The van der Waals surface area contributed by atoms with Gasteiger partial charge in [0, 0.05) is 18.7 Å². The maximum atomic E-state index is 5.29. The normalized spacial score (nSPS) is 15.5. The maximum absolute atomic E-state index is 5.29. The number of ether oxygens (including phenoxy) is 2. The van der Waals surface area contributed by atoms with Crippen LogP contribution < -0.4 is 9.64 Å². The molecule has 0 spiro atoms. The van der Waals surface area contributed by atoms with Gasteiger partial charge in [0.2, 0.25) is 5.82 Å². The number of nitrogens with zero attached hydrogens (tertiary/aromatic N) is 3. The molecule has 0 amide bonds. The second-order valence-corrected chi connectivity index (χ2v) is 4.23. The second-order valence-electron chi connectivity index (χ2n) is 4.23. The number of methoxy groups -OCH3 is 1. The Morgan fingerprint density at radius 2 is 1.89 bits per heavy atom. The minimum Gasteiger partial charge on any atom is -0.497 e. The van der Waals surface area contributed by atoms with E-state index >= 15 is 0 Å². The summed E-state index contributed by atoms with van der Waals surface area (Å²) in [6.07, 6.45) is 0. The predicted molar refractivity (Wildman–Crippen MR) is 69.3 cm³/mol. The fourth-order valence-electron chi connectivity index (χ4n) is 1.96. The Morgan fingerprint density at radius 1 is 1.16 bits per heavy atom. The largest absolute Gasteiger partial charge is 0.497 e. The van der Waals surface area contributed by atoms with Crippen LogP contribution in [0.1, 0.15) is 0 Å². The van der Waals surface area contributed by atoms with E-state index in [0.717, 1.165) is 24.4 Å². The first-order valence-electron chi connectivity index (χ1n) is 6.17. The first-order chi connectivity index (χ1) is 9.36. The molecule has 1 aliphatic rings. The highest BCUT2D eigenvalue weighted by Crippen LogP contribution is 2.22. The highest BCUT2D eigenvalue weighted by atomic mass is 16.5. The number of hydrogen-bond acceptors (Lipinski definition) is 6. The van der Waals surface area contributed by atoms with Gasteiger partial charge in [-0.1, -0.05) is 5.16 Å². The van der Waals surface area contributed by atoms with Crippen LogP contribution in [0.15, 0.2) is 28.8 Å². The summed E-state index contributed by atoms with van der Waals surface area (Å²) in [5.41, 5.74) is 0.907. The standard InChI is InChI=1S/C13H15N3O3/c1-17-11-4-2-10(3-5-11)12-14-13(19-15-12)16-6-8-18-9-7-16/h2-5H,6-9H2,1H3. The lowest BCUT2D eigenvalue weighted by Crippen LogP contribution is -2.36. The SMILES string of the molecule is COc1ccc(-c2noc(N3CCOCC3)n2)cc1. The Kier molecular flexibility index (Phi) is 3.33. The molecule has 1 saturated heterocycles. The molecular weight excluding hydrogens is 246 g/mol. The third kappa shape index (κ3) is 2.53. The molecule has 0 N–H and O–H groups in total. The van der Waals surface area contributed by atoms with Crippen molar-refractivity contribution in [1.29, 1.82) is 0 Å².